The zero-order valence-corrected chi connectivity index (χ0v) is 17.0. The summed E-state index contributed by atoms with van der Waals surface area (Å²) in [7, 11) is -3.13. The average Bonchev–Trinajstić information content (AvgIpc) is 3.02. The van der Waals surface area contributed by atoms with Gasteiger partial charge >= 0.3 is 5.97 Å². The van der Waals surface area contributed by atoms with Gasteiger partial charge in [-0.05, 0) is 18.6 Å². The second-order valence-electron chi connectivity index (χ2n) is 5.93. The van der Waals surface area contributed by atoms with Crippen LogP contribution in [0.15, 0.2) is 59.5 Å². The molecule has 0 aliphatic rings. The molecule has 0 atom stereocenters. The molecular weight excluding hydrogens is 416 g/mol. The van der Waals surface area contributed by atoms with E-state index in [9.17, 15) is 23.3 Å². The summed E-state index contributed by atoms with van der Waals surface area (Å²) in [6.45, 7) is 1.75. The quantitative estimate of drug-likeness (QED) is 0.354. The number of hydrogen-bond donors (Lipinski definition) is 1. The third-order valence-electron chi connectivity index (χ3n) is 4.11. The predicted molar refractivity (Wildman–Crippen MR) is 110 cm³/mol. The molecule has 0 radical (unpaired) electrons. The molecule has 0 fully saturated rings. The van der Waals surface area contributed by atoms with Crippen LogP contribution < -0.4 is 4.72 Å². The molecule has 29 heavy (non-hydrogen) atoms. The Morgan fingerprint density at radius 1 is 1.10 bits per heavy atom. The standard InChI is InChI=1S/C19H16N2O6S2/c1-12-16(13-8-4-3-5-9-13)17(19(22)27-2)18(28-12)20-29(25,26)15-11-7-6-10-14(15)21(23)24/h3-11,20H,1-2H3. The van der Waals surface area contributed by atoms with Crippen LogP contribution in [-0.4, -0.2) is 26.4 Å². The van der Waals surface area contributed by atoms with Crippen molar-refractivity contribution in [1.29, 1.82) is 0 Å². The highest BCUT2D eigenvalue weighted by molar-refractivity contribution is 7.93. The number of para-hydroxylation sites is 1. The molecule has 3 aromatic rings. The van der Waals surface area contributed by atoms with Gasteiger partial charge in [-0.2, -0.15) is 0 Å². The number of thiophene rings is 1. The lowest BCUT2D eigenvalue weighted by Crippen LogP contribution is -2.16. The van der Waals surface area contributed by atoms with Gasteiger partial charge in [0.2, 0.25) is 0 Å². The Morgan fingerprint density at radius 3 is 2.34 bits per heavy atom. The Hall–Kier alpha value is -3.24. The van der Waals surface area contributed by atoms with E-state index in [-0.39, 0.29) is 10.6 Å². The SMILES string of the molecule is COC(=O)c1c(NS(=O)(=O)c2ccccc2[N+](=O)[O-])sc(C)c1-c1ccccc1. The Bertz CT molecular complexity index is 1190. The minimum absolute atomic E-state index is 0.0337. The molecule has 0 saturated carbocycles. The zero-order valence-electron chi connectivity index (χ0n) is 15.4. The first-order chi connectivity index (χ1) is 13.8. The number of ether oxygens (including phenoxy) is 1. The molecular formula is C19H16N2O6S2. The summed E-state index contributed by atoms with van der Waals surface area (Å²) in [5.41, 5.74) is 0.764. The Labute approximate surface area is 171 Å². The van der Waals surface area contributed by atoms with E-state index in [4.69, 9.17) is 4.74 Å². The van der Waals surface area contributed by atoms with Gasteiger partial charge in [-0.25, -0.2) is 13.2 Å². The van der Waals surface area contributed by atoms with Crippen LogP contribution >= 0.6 is 11.3 Å². The van der Waals surface area contributed by atoms with Crippen molar-refractivity contribution in [2.24, 2.45) is 0 Å². The van der Waals surface area contributed by atoms with Gasteiger partial charge in [0.25, 0.3) is 15.7 Å². The van der Waals surface area contributed by atoms with Crippen LogP contribution in [0.4, 0.5) is 10.7 Å². The number of nitrogens with one attached hydrogen (secondary N) is 1. The average molecular weight is 432 g/mol. The summed E-state index contributed by atoms with van der Waals surface area (Å²) in [6, 6.07) is 14.0. The maximum atomic E-state index is 12.9. The van der Waals surface area contributed by atoms with Crippen molar-refractivity contribution < 1.29 is 22.9 Å². The van der Waals surface area contributed by atoms with Crippen LogP contribution in [0, 0.1) is 17.0 Å². The van der Waals surface area contributed by atoms with Crippen molar-refractivity contribution in [3.05, 3.63) is 75.2 Å². The van der Waals surface area contributed by atoms with Crippen molar-refractivity contribution in [3.63, 3.8) is 0 Å². The monoisotopic (exact) mass is 432 g/mol. The van der Waals surface area contributed by atoms with E-state index in [0.717, 1.165) is 29.0 Å². The van der Waals surface area contributed by atoms with Gasteiger partial charge in [0.05, 0.1) is 12.0 Å². The Kier molecular flexibility index (Phi) is 5.66. The van der Waals surface area contributed by atoms with Crippen LogP contribution in [0.5, 0.6) is 0 Å². The number of methoxy groups -OCH3 is 1. The molecule has 0 unspecified atom stereocenters. The Morgan fingerprint density at radius 2 is 1.72 bits per heavy atom. The molecule has 2 aromatic carbocycles. The van der Waals surface area contributed by atoms with Crippen LogP contribution in [-0.2, 0) is 14.8 Å². The molecule has 0 bridgehead atoms. The largest absolute Gasteiger partial charge is 0.465 e. The highest BCUT2D eigenvalue weighted by atomic mass is 32.2. The second kappa shape index (κ2) is 8.02. The fourth-order valence-electron chi connectivity index (χ4n) is 2.88. The molecule has 1 aromatic heterocycles. The van der Waals surface area contributed by atoms with Crippen LogP contribution in [0.25, 0.3) is 11.1 Å². The number of aryl methyl sites for hydroxylation is 1. The highest BCUT2D eigenvalue weighted by Gasteiger charge is 2.30. The topological polar surface area (TPSA) is 116 Å². The van der Waals surface area contributed by atoms with Crippen molar-refractivity contribution in [3.8, 4) is 11.1 Å². The number of esters is 1. The predicted octanol–water partition coefficient (Wildman–Crippen LogP) is 4.22. The molecule has 0 amide bonds. The molecule has 10 heteroatoms. The summed E-state index contributed by atoms with van der Waals surface area (Å²) < 4.78 is 33.0. The lowest BCUT2D eigenvalue weighted by atomic mass is 10.0. The Balaban J connectivity index is 2.16. The molecule has 3 rings (SSSR count). The second-order valence-corrected chi connectivity index (χ2v) is 8.80. The van der Waals surface area contributed by atoms with E-state index in [1.54, 1.807) is 31.2 Å². The van der Waals surface area contributed by atoms with Gasteiger partial charge in [-0.15, -0.1) is 11.3 Å². The maximum Gasteiger partial charge on any atom is 0.341 e. The van der Waals surface area contributed by atoms with E-state index in [1.807, 2.05) is 6.07 Å². The lowest BCUT2D eigenvalue weighted by molar-refractivity contribution is -0.387. The molecule has 0 spiro atoms. The first-order valence-electron chi connectivity index (χ1n) is 8.29. The van der Waals surface area contributed by atoms with Crippen molar-refractivity contribution >= 4 is 38.0 Å². The number of nitro groups is 1. The number of nitrogens with zero attached hydrogens (tertiary/aromatic N) is 1. The summed E-state index contributed by atoms with van der Waals surface area (Å²) >= 11 is 1.05. The summed E-state index contributed by atoms with van der Waals surface area (Å²) in [6.07, 6.45) is 0. The van der Waals surface area contributed by atoms with Crippen molar-refractivity contribution in [2.45, 2.75) is 11.8 Å². The van der Waals surface area contributed by atoms with E-state index in [1.165, 1.54) is 19.2 Å². The number of carbonyl (C=O) groups excluding carboxylic acids is 1. The van der Waals surface area contributed by atoms with E-state index in [0.29, 0.717) is 10.4 Å². The van der Waals surface area contributed by atoms with Gasteiger partial charge in [0.15, 0.2) is 4.90 Å². The van der Waals surface area contributed by atoms with Gasteiger partial charge in [-0.1, -0.05) is 42.5 Å². The number of hydrogen-bond acceptors (Lipinski definition) is 7. The minimum Gasteiger partial charge on any atom is -0.465 e. The molecule has 0 aliphatic heterocycles. The van der Waals surface area contributed by atoms with Gasteiger partial charge in [-0.3, -0.25) is 14.8 Å². The fourth-order valence-corrected chi connectivity index (χ4v) is 5.42. The minimum atomic E-state index is -4.33. The summed E-state index contributed by atoms with van der Waals surface area (Å²) in [5.74, 6) is -0.714. The number of anilines is 1. The molecule has 8 nitrogen and oxygen atoms in total. The first kappa shape index (κ1) is 20.5. The zero-order chi connectivity index (χ0) is 21.2. The number of benzene rings is 2. The molecule has 150 valence electrons. The third kappa shape index (κ3) is 3.98. The smallest absolute Gasteiger partial charge is 0.341 e. The first-order valence-corrected chi connectivity index (χ1v) is 10.6. The van der Waals surface area contributed by atoms with Gasteiger partial charge < -0.3 is 4.74 Å². The van der Waals surface area contributed by atoms with E-state index < -0.39 is 31.5 Å². The van der Waals surface area contributed by atoms with Gasteiger partial charge in [0, 0.05) is 16.5 Å². The van der Waals surface area contributed by atoms with Crippen LogP contribution in [0.2, 0.25) is 0 Å². The number of carbonyl (C=O) groups is 1. The summed E-state index contributed by atoms with van der Waals surface area (Å²) in [5, 5.41) is 11.3. The summed E-state index contributed by atoms with van der Waals surface area (Å²) in [4.78, 5) is 23.1. The van der Waals surface area contributed by atoms with E-state index >= 15 is 0 Å². The highest BCUT2D eigenvalue weighted by Crippen LogP contribution is 2.41. The van der Waals surface area contributed by atoms with Crippen molar-refractivity contribution in [1.82, 2.24) is 0 Å². The molecule has 1 heterocycles. The fraction of sp³-hybridized carbons (Fsp3) is 0.105. The number of rotatable bonds is 6. The van der Waals surface area contributed by atoms with Gasteiger partial charge in [0.1, 0.15) is 10.6 Å². The van der Waals surface area contributed by atoms with Crippen LogP contribution in [0.3, 0.4) is 0 Å². The normalized spacial score (nSPS) is 11.1. The van der Waals surface area contributed by atoms with Crippen LogP contribution in [0.1, 0.15) is 15.2 Å². The number of sulfonamides is 1. The molecule has 0 saturated heterocycles. The third-order valence-corrected chi connectivity index (χ3v) is 6.66. The van der Waals surface area contributed by atoms with E-state index in [2.05, 4.69) is 4.72 Å². The molecule has 0 aliphatic carbocycles. The lowest BCUT2D eigenvalue weighted by Gasteiger charge is -2.10. The molecule has 1 N–H and O–H groups in total. The number of nitro benzene ring substituents is 1. The maximum absolute atomic E-state index is 12.9. The van der Waals surface area contributed by atoms with Crippen molar-refractivity contribution in [2.75, 3.05) is 11.8 Å².